The Morgan fingerprint density at radius 3 is 2.73 bits per heavy atom. The number of carboxylic acids is 1. The van der Waals surface area contributed by atoms with Gasteiger partial charge in [0.25, 0.3) is 0 Å². The Morgan fingerprint density at radius 2 is 2.13 bits per heavy atom. The fourth-order valence-electron chi connectivity index (χ4n) is 1.59. The molecular weight excluding hydrogens is 198 g/mol. The topological polar surface area (TPSA) is 66.8 Å². The van der Waals surface area contributed by atoms with Crippen molar-refractivity contribution in [2.24, 2.45) is 0 Å². The smallest absolute Gasteiger partial charge is 0.325 e. The predicted octanol–water partition coefficient (Wildman–Crippen LogP) is 1.18. The molecule has 1 rings (SSSR count). The van der Waals surface area contributed by atoms with Crippen LogP contribution in [0, 0.1) is 0 Å². The van der Waals surface area contributed by atoms with Gasteiger partial charge in [0.15, 0.2) is 0 Å². The molecule has 1 atom stereocenters. The van der Waals surface area contributed by atoms with Crippen LogP contribution in [0.5, 0.6) is 0 Å². The number of hydroxylamine groups is 2. The highest BCUT2D eigenvalue weighted by atomic mass is 16.7. The Hall–Kier alpha value is -1.10. The van der Waals surface area contributed by atoms with Crippen molar-refractivity contribution < 1.29 is 19.5 Å². The molecule has 1 unspecified atom stereocenters. The van der Waals surface area contributed by atoms with Gasteiger partial charge >= 0.3 is 11.9 Å². The monoisotopic (exact) mass is 215 g/mol. The number of aliphatic carboxylic acids is 1. The number of hydrogen-bond acceptors (Lipinski definition) is 4. The molecule has 1 heterocycles. The molecule has 0 aliphatic carbocycles. The molecule has 1 aliphatic heterocycles. The van der Waals surface area contributed by atoms with Crippen molar-refractivity contribution >= 4 is 11.9 Å². The van der Waals surface area contributed by atoms with Crippen molar-refractivity contribution in [3.8, 4) is 0 Å². The van der Waals surface area contributed by atoms with Crippen LogP contribution in [-0.2, 0) is 14.4 Å². The van der Waals surface area contributed by atoms with Crippen LogP contribution in [0.25, 0.3) is 0 Å². The van der Waals surface area contributed by atoms with Crippen molar-refractivity contribution in [3.63, 3.8) is 0 Å². The Morgan fingerprint density at radius 1 is 1.40 bits per heavy atom. The molecule has 1 saturated heterocycles. The van der Waals surface area contributed by atoms with Crippen LogP contribution < -0.4 is 0 Å². The van der Waals surface area contributed by atoms with E-state index in [0.29, 0.717) is 0 Å². The van der Waals surface area contributed by atoms with E-state index in [2.05, 4.69) is 0 Å². The van der Waals surface area contributed by atoms with Gasteiger partial charge in [0.2, 0.25) is 0 Å². The fourth-order valence-corrected chi connectivity index (χ4v) is 1.59. The van der Waals surface area contributed by atoms with Gasteiger partial charge in [-0.25, -0.2) is 0 Å². The van der Waals surface area contributed by atoms with Crippen molar-refractivity contribution in [1.29, 1.82) is 0 Å². The quantitative estimate of drug-likeness (QED) is 0.762. The standard InChI is InChI=1S/C10H17NO4/c1-8-4-2-3-7-11(8)15-10(14)6-5-9(12)13/h8H,2-7H2,1H3,(H,12,13). The molecule has 0 bridgehead atoms. The highest BCUT2D eigenvalue weighted by molar-refractivity contribution is 5.76. The highest BCUT2D eigenvalue weighted by Gasteiger charge is 2.22. The number of hydrogen-bond donors (Lipinski definition) is 1. The zero-order chi connectivity index (χ0) is 11.3. The van der Waals surface area contributed by atoms with E-state index in [9.17, 15) is 9.59 Å². The molecule has 0 amide bonds. The molecule has 5 nitrogen and oxygen atoms in total. The zero-order valence-corrected chi connectivity index (χ0v) is 8.94. The summed E-state index contributed by atoms with van der Waals surface area (Å²) in [5.41, 5.74) is 0. The number of piperidine rings is 1. The minimum atomic E-state index is -0.973. The van der Waals surface area contributed by atoms with Gasteiger partial charge in [-0.15, -0.1) is 5.06 Å². The van der Waals surface area contributed by atoms with Gasteiger partial charge in [0.1, 0.15) is 0 Å². The lowest BCUT2D eigenvalue weighted by molar-refractivity contribution is -0.206. The van der Waals surface area contributed by atoms with Gasteiger partial charge in [-0.1, -0.05) is 6.42 Å². The Labute approximate surface area is 89.0 Å². The summed E-state index contributed by atoms with van der Waals surface area (Å²) in [6.45, 7) is 2.75. The number of carboxylic acid groups (broad SMARTS) is 1. The average molecular weight is 215 g/mol. The van der Waals surface area contributed by atoms with Crippen LogP contribution in [0.1, 0.15) is 39.0 Å². The normalized spacial score (nSPS) is 22.3. The van der Waals surface area contributed by atoms with Crippen LogP contribution in [0.2, 0.25) is 0 Å². The minimum Gasteiger partial charge on any atom is -0.481 e. The maximum Gasteiger partial charge on any atom is 0.325 e. The molecular formula is C10H17NO4. The summed E-state index contributed by atoms with van der Waals surface area (Å²) in [6.07, 6.45) is 2.98. The number of carbonyl (C=O) groups excluding carboxylic acids is 1. The molecule has 86 valence electrons. The largest absolute Gasteiger partial charge is 0.481 e. The molecule has 1 fully saturated rings. The number of rotatable bonds is 4. The maximum absolute atomic E-state index is 11.2. The van der Waals surface area contributed by atoms with Crippen molar-refractivity contribution in [2.75, 3.05) is 6.54 Å². The lowest BCUT2D eigenvalue weighted by Crippen LogP contribution is -2.39. The van der Waals surface area contributed by atoms with E-state index < -0.39 is 11.9 Å². The third-order valence-electron chi connectivity index (χ3n) is 2.50. The summed E-state index contributed by atoms with van der Waals surface area (Å²) in [5.74, 6) is -1.43. The van der Waals surface area contributed by atoms with E-state index in [1.807, 2.05) is 6.92 Å². The molecule has 0 saturated carbocycles. The maximum atomic E-state index is 11.2. The SMILES string of the molecule is CC1CCCCN1OC(=O)CCC(=O)O. The van der Waals surface area contributed by atoms with Crippen molar-refractivity contribution in [2.45, 2.75) is 45.1 Å². The molecule has 5 heteroatoms. The van der Waals surface area contributed by atoms with Gasteiger partial charge in [0, 0.05) is 12.6 Å². The average Bonchev–Trinajstić information content (AvgIpc) is 2.18. The number of carbonyl (C=O) groups is 2. The van der Waals surface area contributed by atoms with E-state index in [4.69, 9.17) is 9.94 Å². The first-order valence-electron chi connectivity index (χ1n) is 5.29. The second kappa shape index (κ2) is 5.70. The lowest BCUT2D eigenvalue weighted by atomic mass is 10.1. The van der Waals surface area contributed by atoms with Gasteiger partial charge in [-0.05, 0) is 19.8 Å². The molecule has 1 N–H and O–H groups in total. The third-order valence-corrected chi connectivity index (χ3v) is 2.50. The molecule has 0 spiro atoms. The highest BCUT2D eigenvalue weighted by Crippen LogP contribution is 2.16. The molecule has 0 radical (unpaired) electrons. The predicted molar refractivity (Wildman–Crippen MR) is 53.0 cm³/mol. The van der Waals surface area contributed by atoms with Crippen LogP contribution in [0.15, 0.2) is 0 Å². The summed E-state index contributed by atoms with van der Waals surface area (Å²) in [5, 5.41) is 10.1. The van der Waals surface area contributed by atoms with Gasteiger partial charge in [-0.2, -0.15) is 0 Å². The fraction of sp³-hybridized carbons (Fsp3) is 0.800. The van der Waals surface area contributed by atoms with Crippen LogP contribution >= 0.6 is 0 Å². The third kappa shape index (κ3) is 4.29. The summed E-state index contributed by atoms with van der Waals surface area (Å²) >= 11 is 0. The Kier molecular flexibility index (Phi) is 4.55. The van der Waals surface area contributed by atoms with Crippen LogP contribution in [0.4, 0.5) is 0 Å². The van der Waals surface area contributed by atoms with E-state index in [-0.39, 0.29) is 18.9 Å². The second-order valence-corrected chi connectivity index (χ2v) is 3.84. The molecule has 15 heavy (non-hydrogen) atoms. The van der Waals surface area contributed by atoms with Crippen molar-refractivity contribution in [3.05, 3.63) is 0 Å². The first-order valence-corrected chi connectivity index (χ1v) is 5.29. The molecule has 0 aromatic carbocycles. The zero-order valence-electron chi connectivity index (χ0n) is 8.94. The minimum absolute atomic E-state index is 0.0570. The molecule has 1 aliphatic rings. The van der Waals surface area contributed by atoms with Gasteiger partial charge in [0.05, 0.1) is 12.8 Å². The summed E-state index contributed by atoms with van der Waals surface area (Å²) < 4.78 is 0. The number of nitrogens with zero attached hydrogens (tertiary/aromatic N) is 1. The Balaban J connectivity index is 2.26. The first kappa shape index (κ1) is 12.0. The Bertz CT molecular complexity index is 242. The molecule has 0 aromatic rings. The first-order chi connectivity index (χ1) is 7.09. The van der Waals surface area contributed by atoms with E-state index in [1.165, 1.54) is 0 Å². The van der Waals surface area contributed by atoms with E-state index in [0.717, 1.165) is 25.8 Å². The summed E-state index contributed by atoms with van der Waals surface area (Å²) in [6, 6.07) is 0.243. The summed E-state index contributed by atoms with van der Waals surface area (Å²) in [7, 11) is 0. The molecule has 0 aromatic heterocycles. The van der Waals surface area contributed by atoms with Gasteiger partial charge in [-0.3, -0.25) is 9.59 Å². The van der Waals surface area contributed by atoms with Crippen LogP contribution in [-0.4, -0.2) is 34.7 Å². The van der Waals surface area contributed by atoms with Crippen molar-refractivity contribution in [1.82, 2.24) is 5.06 Å². The lowest BCUT2D eigenvalue weighted by Gasteiger charge is -2.31. The van der Waals surface area contributed by atoms with Crippen LogP contribution in [0.3, 0.4) is 0 Å². The van der Waals surface area contributed by atoms with E-state index >= 15 is 0 Å². The van der Waals surface area contributed by atoms with E-state index in [1.54, 1.807) is 5.06 Å². The summed E-state index contributed by atoms with van der Waals surface area (Å²) in [4.78, 5) is 26.6. The second-order valence-electron chi connectivity index (χ2n) is 3.84. The van der Waals surface area contributed by atoms with Gasteiger partial charge < -0.3 is 9.94 Å².